The summed E-state index contributed by atoms with van der Waals surface area (Å²) in [6.45, 7) is 0. The lowest BCUT2D eigenvalue weighted by atomic mass is 9.95. The second kappa shape index (κ2) is 9.16. The SMILES string of the molecule is NS(=O)(=O)c1ccc(NC(=O)C2CSc3c(C4CC4)c(Cc4cccc5ccccc45)cc(=O)n32)cc1. The van der Waals surface area contributed by atoms with Crippen molar-refractivity contribution < 1.29 is 13.2 Å². The third-order valence-corrected chi connectivity index (χ3v) is 9.12. The number of primary sulfonamides is 1. The van der Waals surface area contributed by atoms with Crippen LogP contribution in [0.2, 0.25) is 0 Å². The number of thioether (sulfide) groups is 1. The largest absolute Gasteiger partial charge is 0.324 e. The molecule has 1 aliphatic heterocycles. The molecule has 1 amide bonds. The van der Waals surface area contributed by atoms with Crippen LogP contribution in [0.1, 0.15) is 41.5 Å². The third kappa shape index (κ3) is 4.58. The Balaban J connectivity index is 1.33. The van der Waals surface area contributed by atoms with Gasteiger partial charge in [0, 0.05) is 17.5 Å². The Labute approximate surface area is 218 Å². The normalized spacial score (nSPS) is 17.1. The number of carbonyl (C=O) groups excluding carboxylic acids is 1. The van der Waals surface area contributed by atoms with Crippen LogP contribution in [0.4, 0.5) is 5.69 Å². The standard InChI is InChI=1S/C28H25N3O4S2/c29-37(34,35)22-12-10-21(11-13-22)30-27(33)24-16-36-28-26(18-8-9-18)20(15-25(32)31(24)28)14-19-6-3-5-17-4-1-2-7-23(17)19/h1-7,10-13,15,18,24H,8-9,14,16H2,(H,30,33)(H2,29,34,35). The van der Waals surface area contributed by atoms with Crippen LogP contribution >= 0.6 is 11.8 Å². The molecule has 1 aliphatic carbocycles. The summed E-state index contributed by atoms with van der Waals surface area (Å²) in [7, 11) is -3.82. The van der Waals surface area contributed by atoms with Crippen molar-refractivity contribution in [3.8, 4) is 0 Å². The van der Waals surface area contributed by atoms with E-state index in [2.05, 4.69) is 35.6 Å². The highest BCUT2D eigenvalue weighted by Crippen LogP contribution is 2.48. The maximum absolute atomic E-state index is 13.4. The number of nitrogens with one attached hydrogen (secondary N) is 1. The van der Waals surface area contributed by atoms with Crippen molar-refractivity contribution in [1.29, 1.82) is 0 Å². The minimum Gasteiger partial charge on any atom is -0.324 e. The fourth-order valence-corrected chi connectivity index (χ4v) is 7.03. The van der Waals surface area contributed by atoms with Gasteiger partial charge in [0.05, 0.1) is 9.92 Å². The molecular formula is C28H25N3O4S2. The van der Waals surface area contributed by atoms with Crippen molar-refractivity contribution in [2.45, 2.75) is 41.1 Å². The van der Waals surface area contributed by atoms with E-state index < -0.39 is 16.1 Å². The zero-order valence-corrected chi connectivity index (χ0v) is 21.5. The van der Waals surface area contributed by atoms with Gasteiger partial charge in [0.15, 0.2) is 0 Å². The molecule has 37 heavy (non-hydrogen) atoms. The molecular weight excluding hydrogens is 506 g/mol. The van der Waals surface area contributed by atoms with E-state index in [0.29, 0.717) is 23.8 Å². The zero-order chi connectivity index (χ0) is 25.7. The topological polar surface area (TPSA) is 111 Å². The fourth-order valence-electron chi connectivity index (χ4n) is 5.09. The molecule has 4 aromatic rings. The highest BCUT2D eigenvalue weighted by atomic mass is 32.2. The van der Waals surface area contributed by atoms with Gasteiger partial charge in [0.2, 0.25) is 15.9 Å². The first-order chi connectivity index (χ1) is 17.8. The number of fused-ring (bicyclic) bond motifs is 2. The minimum atomic E-state index is -3.82. The summed E-state index contributed by atoms with van der Waals surface area (Å²) in [4.78, 5) is 26.6. The van der Waals surface area contributed by atoms with Crippen LogP contribution in [-0.4, -0.2) is 24.6 Å². The predicted octanol–water partition coefficient (Wildman–Crippen LogP) is 4.40. The number of nitrogens with zero attached hydrogens (tertiary/aromatic N) is 1. The monoisotopic (exact) mass is 531 g/mol. The molecule has 9 heteroatoms. The first kappa shape index (κ1) is 24.0. The first-order valence-corrected chi connectivity index (χ1v) is 14.6. The molecule has 2 heterocycles. The fraction of sp³-hybridized carbons (Fsp3) is 0.214. The van der Waals surface area contributed by atoms with Crippen LogP contribution in [-0.2, 0) is 21.2 Å². The van der Waals surface area contributed by atoms with Crippen LogP contribution in [0, 0.1) is 0 Å². The molecule has 188 valence electrons. The molecule has 2 aliphatic rings. The number of sulfonamides is 1. The van der Waals surface area contributed by atoms with Gasteiger partial charge in [-0.05, 0) is 76.9 Å². The van der Waals surface area contributed by atoms with Crippen LogP contribution in [0.3, 0.4) is 0 Å². The molecule has 1 atom stereocenters. The lowest BCUT2D eigenvalue weighted by Crippen LogP contribution is -2.33. The van der Waals surface area contributed by atoms with E-state index in [1.54, 1.807) is 22.4 Å². The summed E-state index contributed by atoms with van der Waals surface area (Å²) in [6.07, 6.45) is 2.84. The van der Waals surface area contributed by atoms with Crippen molar-refractivity contribution in [2.75, 3.05) is 11.1 Å². The maximum atomic E-state index is 13.4. The molecule has 0 spiro atoms. The summed E-state index contributed by atoms with van der Waals surface area (Å²) in [5, 5.41) is 11.2. The first-order valence-electron chi connectivity index (χ1n) is 12.1. The molecule has 1 aromatic heterocycles. The number of carbonyl (C=O) groups is 1. The van der Waals surface area contributed by atoms with Gasteiger partial charge in [0.1, 0.15) is 6.04 Å². The molecule has 1 saturated carbocycles. The van der Waals surface area contributed by atoms with E-state index in [1.165, 1.54) is 46.2 Å². The lowest BCUT2D eigenvalue weighted by molar-refractivity contribution is -0.118. The van der Waals surface area contributed by atoms with Crippen LogP contribution in [0.15, 0.2) is 87.5 Å². The summed E-state index contributed by atoms with van der Waals surface area (Å²) in [5.74, 6) is 0.570. The quantitative estimate of drug-likeness (QED) is 0.383. The summed E-state index contributed by atoms with van der Waals surface area (Å²) in [6, 6.07) is 21.3. The van der Waals surface area contributed by atoms with Crippen LogP contribution < -0.4 is 16.0 Å². The van der Waals surface area contributed by atoms with Gasteiger partial charge in [0.25, 0.3) is 5.56 Å². The summed E-state index contributed by atoms with van der Waals surface area (Å²) < 4.78 is 24.6. The van der Waals surface area contributed by atoms with E-state index >= 15 is 0 Å². The van der Waals surface area contributed by atoms with E-state index in [0.717, 1.165) is 23.4 Å². The molecule has 0 bridgehead atoms. The second-order valence-corrected chi connectivity index (χ2v) is 12.1. The molecule has 0 saturated heterocycles. The van der Waals surface area contributed by atoms with E-state index in [1.807, 2.05) is 12.1 Å². The Morgan fingerprint density at radius 1 is 1.00 bits per heavy atom. The van der Waals surface area contributed by atoms with Crippen molar-refractivity contribution in [3.63, 3.8) is 0 Å². The Hall–Kier alpha value is -3.40. The number of hydrogen-bond acceptors (Lipinski definition) is 5. The van der Waals surface area contributed by atoms with Crippen molar-refractivity contribution in [1.82, 2.24) is 4.57 Å². The van der Waals surface area contributed by atoms with E-state index in [4.69, 9.17) is 5.14 Å². The molecule has 3 aromatic carbocycles. The Morgan fingerprint density at radius 3 is 2.46 bits per heavy atom. The molecule has 6 rings (SSSR count). The minimum absolute atomic E-state index is 0.0312. The molecule has 0 radical (unpaired) electrons. The van der Waals surface area contributed by atoms with Crippen molar-refractivity contribution in [2.24, 2.45) is 5.14 Å². The smallest absolute Gasteiger partial charge is 0.252 e. The van der Waals surface area contributed by atoms with Gasteiger partial charge in [-0.25, -0.2) is 13.6 Å². The predicted molar refractivity (Wildman–Crippen MR) is 146 cm³/mol. The molecule has 1 fully saturated rings. The number of benzene rings is 3. The number of pyridine rings is 1. The highest BCUT2D eigenvalue weighted by molar-refractivity contribution is 7.99. The number of hydrogen-bond donors (Lipinski definition) is 2. The van der Waals surface area contributed by atoms with Gasteiger partial charge >= 0.3 is 0 Å². The Morgan fingerprint density at radius 2 is 1.73 bits per heavy atom. The molecule has 7 nitrogen and oxygen atoms in total. The average Bonchev–Trinajstić information content (AvgIpc) is 3.60. The van der Waals surface area contributed by atoms with E-state index in [9.17, 15) is 18.0 Å². The lowest BCUT2D eigenvalue weighted by Gasteiger charge is -2.18. The number of amides is 1. The van der Waals surface area contributed by atoms with Crippen molar-refractivity contribution >= 4 is 44.2 Å². The van der Waals surface area contributed by atoms with Gasteiger partial charge in [-0.3, -0.25) is 14.2 Å². The molecule has 1 unspecified atom stereocenters. The second-order valence-electron chi connectivity index (χ2n) is 9.57. The van der Waals surface area contributed by atoms with Crippen molar-refractivity contribution in [3.05, 3.63) is 99.8 Å². The van der Waals surface area contributed by atoms with Crippen LogP contribution in [0.5, 0.6) is 0 Å². The number of anilines is 1. The van der Waals surface area contributed by atoms with E-state index in [-0.39, 0.29) is 16.4 Å². The summed E-state index contributed by atoms with van der Waals surface area (Å²) >= 11 is 1.56. The van der Waals surface area contributed by atoms with Gasteiger partial charge < -0.3 is 5.32 Å². The Bertz CT molecular complexity index is 1700. The number of rotatable bonds is 6. The average molecular weight is 532 g/mol. The van der Waals surface area contributed by atoms with Gasteiger partial charge in [-0.2, -0.15) is 0 Å². The third-order valence-electron chi connectivity index (χ3n) is 7.02. The maximum Gasteiger partial charge on any atom is 0.252 e. The van der Waals surface area contributed by atoms with Gasteiger partial charge in [-0.15, -0.1) is 11.8 Å². The Kier molecular flexibility index (Phi) is 5.94. The highest BCUT2D eigenvalue weighted by Gasteiger charge is 2.37. The number of aromatic nitrogens is 1. The number of nitrogens with two attached hydrogens (primary N) is 1. The summed E-state index contributed by atoms with van der Waals surface area (Å²) in [5.41, 5.74) is 3.69. The van der Waals surface area contributed by atoms with Gasteiger partial charge in [-0.1, -0.05) is 42.5 Å². The van der Waals surface area contributed by atoms with Crippen LogP contribution in [0.25, 0.3) is 10.8 Å². The zero-order valence-electron chi connectivity index (χ0n) is 19.9. The molecule has 3 N–H and O–H groups in total.